The van der Waals surface area contributed by atoms with E-state index in [1.165, 1.54) is 4.90 Å². The van der Waals surface area contributed by atoms with Crippen LogP contribution < -0.4 is 10.6 Å². The van der Waals surface area contributed by atoms with Crippen molar-refractivity contribution in [3.05, 3.63) is 28.8 Å². The Morgan fingerprint density at radius 2 is 2.00 bits per heavy atom. The molecule has 1 aromatic rings. The van der Waals surface area contributed by atoms with E-state index >= 15 is 0 Å². The minimum absolute atomic E-state index is 0.0681. The molecule has 150 valence electrons. The van der Waals surface area contributed by atoms with Gasteiger partial charge in [-0.05, 0) is 30.5 Å². The molecule has 0 aliphatic carbocycles. The van der Waals surface area contributed by atoms with Crippen molar-refractivity contribution >= 4 is 35.0 Å². The monoisotopic (exact) mass is 405 g/mol. The fraction of sp³-hybridized carbons (Fsp3) is 0.550. The Morgan fingerprint density at radius 3 is 2.68 bits per heavy atom. The number of ether oxygens (including phenoxy) is 1. The Labute approximate surface area is 168 Å². The largest absolute Gasteiger partial charge is 0.385 e. The molecule has 1 aromatic carbocycles. The van der Waals surface area contributed by atoms with Gasteiger partial charge in [-0.15, -0.1) is 0 Å². The number of fused-ring (bicyclic) bond motifs is 4. The molecular formula is C20H24ClN3O4. The maximum atomic E-state index is 13.4. The number of nitrogens with zero attached hydrogens (tertiary/aromatic N) is 1. The van der Waals surface area contributed by atoms with Crippen LogP contribution in [0.5, 0.6) is 0 Å². The predicted molar refractivity (Wildman–Crippen MR) is 104 cm³/mol. The lowest BCUT2D eigenvalue weighted by molar-refractivity contribution is -0.143. The van der Waals surface area contributed by atoms with Crippen molar-refractivity contribution in [2.45, 2.75) is 31.8 Å². The second-order valence-electron chi connectivity index (χ2n) is 8.04. The molecule has 8 heteroatoms. The van der Waals surface area contributed by atoms with Crippen molar-refractivity contribution in [2.24, 2.45) is 17.8 Å². The van der Waals surface area contributed by atoms with Gasteiger partial charge in [-0.3, -0.25) is 24.6 Å². The average Bonchev–Trinajstić information content (AvgIpc) is 3.23. The molecule has 3 amide bonds. The van der Waals surface area contributed by atoms with Gasteiger partial charge in [0.05, 0.1) is 11.8 Å². The van der Waals surface area contributed by atoms with Gasteiger partial charge in [0.15, 0.2) is 0 Å². The normalized spacial score (nSPS) is 31.1. The molecule has 3 aliphatic heterocycles. The number of hydrogen-bond donors (Lipinski definition) is 2. The van der Waals surface area contributed by atoms with E-state index in [0.717, 1.165) is 0 Å². The standard InChI is InChI=1S/C20H24ClN3O4/c1-10(2)16-14-15(18(26)24(17(14)25)7-4-8-28-3)20(23-16)12-9-11(21)5-6-13(12)22-19(20)27/h5-6,9-10,14-16,23H,4,7-8H2,1-3H3,(H,22,27)/t14-,15+,16+,20+/m1/s1. The van der Waals surface area contributed by atoms with Crippen LogP contribution in [0.1, 0.15) is 25.8 Å². The number of methoxy groups -OCH3 is 1. The molecule has 0 radical (unpaired) electrons. The summed E-state index contributed by atoms with van der Waals surface area (Å²) < 4.78 is 5.06. The van der Waals surface area contributed by atoms with Crippen LogP contribution >= 0.6 is 11.6 Å². The minimum Gasteiger partial charge on any atom is -0.385 e. The zero-order valence-electron chi connectivity index (χ0n) is 16.1. The first-order valence-corrected chi connectivity index (χ1v) is 9.94. The summed E-state index contributed by atoms with van der Waals surface area (Å²) in [5, 5.41) is 6.74. The number of carbonyl (C=O) groups excluding carboxylic acids is 3. The Kier molecular flexibility index (Phi) is 4.72. The summed E-state index contributed by atoms with van der Waals surface area (Å²) in [6.07, 6.45) is 0.564. The van der Waals surface area contributed by atoms with E-state index in [2.05, 4.69) is 10.6 Å². The second-order valence-corrected chi connectivity index (χ2v) is 8.48. The molecule has 3 heterocycles. The van der Waals surface area contributed by atoms with Crippen LogP contribution in [0.25, 0.3) is 0 Å². The van der Waals surface area contributed by atoms with Gasteiger partial charge in [0.25, 0.3) is 0 Å². The Hall–Kier alpha value is -1.96. The molecule has 2 N–H and O–H groups in total. The number of imide groups is 1. The van der Waals surface area contributed by atoms with Crippen LogP contribution in [0.15, 0.2) is 18.2 Å². The van der Waals surface area contributed by atoms with Crippen LogP contribution in [-0.2, 0) is 24.7 Å². The topological polar surface area (TPSA) is 87.7 Å². The highest BCUT2D eigenvalue weighted by molar-refractivity contribution is 6.31. The molecule has 4 rings (SSSR count). The molecule has 4 atom stereocenters. The maximum Gasteiger partial charge on any atom is 0.250 e. The lowest BCUT2D eigenvalue weighted by Crippen LogP contribution is -2.54. The van der Waals surface area contributed by atoms with Crippen molar-refractivity contribution in [2.75, 3.05) is 25.6 Å². The van der Waals surface area contributed by atoms with E-state index in [1.807, 2.05) is 13.8 Å². The summed E-state index contributed by atoms with van der Waals surface area (Å²) in [6, 6.07) is 4.86. The van der Waals surface area contributed by atoms with Crippen molar-refractivity contribution in [1.82, 2.24) is 10.2 Å². The van der Waals surface area contributed by atoms with Gasteiger partial charge in [-0.1, -0.05) is 25.4 Å². The molecule has 0 saturated carbocycles. The summed E-state index contributed by atoms with van der Waals surface area (Å²) in [5.74, 6) is -2.11. The number of benzene rings is 1. The van der Waals surface area contributed by atoms with Gasteiger partial charge in [-0.25, -0.2) is 0 Å². The van der Waals surface area contributed by atoms with E-state index in [0.29, 0.717) is 35.8 Å². The van der Waals surface area contributed by atoms with Crippen LogP contribution in [0, 0.1) is 17.8 Å². The van der Waals surface area contributed by atoms with Crippen LogP contribution in [0.4, 0.5) is 5.69 Å². The number of carbonyl (C=O) groups is 3. The summed E-state index contributed by atoms with van der Waals surface area (Å²) in [7, 11) is 1.58. The molecule has 0 unspecified atom stereocenters. The molecule has 0 bridgehead atoms. The average molecular weight is 406 g/mol. The number of anilines is 1. The van der Waals surface area contributed by atoms with E-state index in [4.69, 9.17) is 16.3 Å². The first-order chi connectivity index (χ1) is 13.3. The molecule has 3 aliphatic rings. The Bertz CT molecular complexity index is 858. The summed E-state index contributed by atoms with van der Waals surface area (Å²) in [4.78, 5) is 41.1. The molecule has 28 heavy (non-hydrogen) atoms. The van der Waals surface area contributed by atoms with Gasteiger partial charge in [-0.2, -0.15) is 0 Å². The number of likely N-dealkylation sites (tertiary alicyclic amines) is 1. The highest BCUT2D eigenvalue weighted by Gasteiger charge is 2.70. The van der Waals surface area contributed by atoms with Crippen molar-refractivity contribution in [1.29, 1.82) is 0 Å². The quantitative estimate of drug-likeness (QED) is 0.575. The number of amides is 3. The molecule has 2 saturated heterocycles. The van der Waals surface area contributed by atoms with Crippen molar-refractivity contribution < 1.29 is 19.1 Å². The lowest BCUT2D eigenvalue weighted by atomic mass is 9.76. The second kappa shape index (κ2) is 6.83. The van der Waals surface area contributed by atoms with E-state index in [-0.39, 0.29) is 29.7 Å². The Balaban J connectivity index is 1.81. The highest BCUT2D eigenvalue weighted by Crippen LogP contribution is 2.54. The van der Waals surface area contributed by atoms with Gasteiger partial charge >= 0.3 is 0 Å². The zero-order chi connectivity index (χ0) is 20.2. The molecule has 7 nitrogen and oxygen atoms in total. The van der Waals surface area contributed by atoms with Gasteiger partial charge in [0, 0.05) is 42.6 Å². The molecule has 0 aromatic heterocycles. The maximum absolute atomic E-state index is 13.4. The SMILES string of the molecule is COCCCN1C(=O)[C@@H]2[C@@H](C1=O)[C@]1(N[C@H]2C(C)C)C(=O)Nc2ccc(Cl)cc21. The van der Waals surface area contributed by atoms with E-state index in [1.54, 1.807) is 25.3 Å². The molecule has 1 spiro atoms. The third kappa shape index (κ3) is 2.53. The molecular weight excluding hydrogens is 382 g/mol. The van der Waals surface area contributed by atoms with Crippen molar-refractivity contribution in [3.63, 3.8) is 0 Å². The number of rotatable bonds is 5. The van der Waals surface area contributed by atoms with Gasteiger partial charge in [0.1, 0.15) is 5.54 Å². The smallest absolute Gasteiger partial charge is 0.250 e. The number of hydrogen-bond acceptors (Lipinski definition) is 5. The summed E-state index contributed by atoms with van der Waals surface area (Å²) in [6.45, 7) is 4.74. The molecule has 2 fully saturated rings. The van der Waals surface area contributed by atoms with Crippen LogP contribution in [-0.4, -0.2) is 48.9 Å². The lowest BCUT2D eigenvalue weighted by Gasteiger charge is -2.30. The zero-order valence-corrected chi connectivity index (χ0v) is 16.9. The van der Waals surface area contributed by atoms with Crippen LogP contribution in [0.3, 0.4) is 0 Å². The first-order valence-electron chi connectivity index (χ1n) is 9.56. The summed E-state index contributed by atoms with van der Waals surface area (Å²) in [5.41, 5.74) is -0.00560. The first kappa shape index (κ1) is 19.4. The van der Waals surface area contributed by atoms with Gasteiger partial charge in [0.2, 0.25) is 17.7 Å². The number of nitrogens with one attached hydrogen (secondary N) is 2. The van der Waals surface area contributed by atoms with E-state index in [9.17, 15) is 14.4 Å². The third-order valence-corrected chi connectivity index (χ3v) is 6.39. The summed E-state index contributed by atoms with van der Waals surface area (Å²) >= 11 is 6.21. The predicted octanol–water partition coefficient (Wildman–Crippen LogP) is 1.75. The highest BCUT2D eigenvalue weighted by atomic mass is 35.5. The van der Waals surface area contributed by atoms with Crippen LogP contribution in [0.2, 0.25) is 5.02 Å². The van der Waals surface area contributed by atoms with E-state index < -0.39 is 17.4 Å². The fourth-order valence-electron chi connectivity index (χ4n) is 4.93. The van der Waals surface area contributed by atoms with Gasteiger partial charge < -0.3 is 10.1 Å². The number of halogens is 1. The minimum atomic E-state index is -1.28. The van der Waals surface area contributed by atoms with Crippen molar-refractivity contribution in [3.8, 4) is 0 Å². The Morgan fingerprint density at radius 1 is 1.25 bits per heavy atom. The third-order valence-electron chi connectivity index (χ3n) is 6.15. The fourth-order valence-corrected chi connectivity index (χ4v) is 5.10.